The minimum Gasteiger partial charge on any atom is -0.497 e. The maximum Gasteiger partial charge on any atom is 0.252 e. The number of rotatable bonds is 7. The van der Waals surface area contributed by atoms with Crippen molar-refractivity contribution in [3.63, 3.8) is 0 Å². The van der Waals surface area contributed by atoms with Gasteiger partial charge in [-0.2, -0.15) is 0 Å². The molecule has 0 spiro atoms. The van der Waals surface area contributed by atoms with Crippen LogP contribution in [0, 0.1) is 5.82 Å². The van der Waals surface area contributed by atoms with Gasteiger partial charge in [0.25, 0.3) is 5.91 Å². The Morgan fingerprint density at radius 1 is 1.17 bits per heavy atom. The summed E-state index contributed by atoms with van der Waals surface area (Å²) in [7, 11) is 1.57. The van der Waals surface area contributed by atoms with Crippen molar-refractivity contribution in [1.82, 2.24) is 9.80 Å². The molecule has 2 aromatic rings. The van der Waals surface area contributed by atoms with E-state index in [0.29, 0.717) is 29.6 Å². The Kier molecular flexibility index (Phi) is 6.43. The SMILES string of the molecule is CCN1C(=O)[C@@H](CC(=O)Nc2ccc(OC)cc2)N(Cc2ccc(F)cc2)C1=S. The number of benzene rings is 2. The third-order valence-electron chi connectivity index (χ3n) is 4.74. The minimum atomic E-state index is -0.703. The zero-order valence-corrected chi connectivity index (χ0v) is 17.0. The fraction of sp³-hybridized carbons (Fsp3) is 0.286. The first-order valence-electron chi connectivity index (χ1n) is 9.23. The molecule has 8 heteroatoms. The molecule has 1 aliphatic rings. The molecule has 2 aromatic carbocycles. The first-order valence-corrected chi connectivity index (χ1v) is 9.64. The summed E-state index contributed by atoms with van der Waals surface area (Å²) < 4.78 is 18.3. The molecular weight excluding hydrogens is 393 g/mol. The molecule has 2 amide bonds. The summed E-state index contributed by atoms with van der Waals surface area (Å²) >= 11 is 5.46. The fourth-order valence-electron chi connectivity index (χ4n) is 3.21. The molecule has 0 unspecified atom stereocenters. The number of methoxy groups -OCH3 is 1. The number of anilines is 1. The van der Waals surface area contributed by atoms with Crippen LogP contribution in [0.3, 0.4) is 0 Å². The zero-order chi connectivity index (χ0) is 21.0. The molecule has 1 atom stereocenters. The highest BCUT2D eigenvalue weighted by molar-refractivity contribution is 7.80. The van der Waals surface area contributed by atoms with Gasteiger partial charge < -0.3 is 15.0 Å². The molecule has 0 radical (unpaired) electrons. The second kappa shape index (κ2) is 9.00. The summed E-state index contributed by atoms with van der Waals surface area (Å²) in [6, 6.07) is 12.2. The zero-order valence-electron chi connectivity index (χ0n) is 16.2. The largest absolute Gasteiger partial charge is 0.497 e. The molecule has 1 fully saturated rings. The molecule has 0 aliphatic carbocycles. The van der Waals surface area contributed by atoms with Gasteiger partial charge in [0.2, 0.25) is 5.91 Å². The monoisotopic (exact) mass is 415 g/mol. The van der Waals surface area contributed by atoms with Gasteiger partial charge in [-0.15, -0.1) is 0 Å². The Morgan fingerprint density at radius 3 is 2.41 bits per heavy atom. The Hall–Kier alpha value is -3.00. The van der Waals surface area contributed by atoms with E-state index in [9.17, 15) is 14.0 Å². The highest BCUT2D eigenvalue weighted by Crippen LogP contribution is 2.24. The number of halogens is 1. The molecule has 1 heterocycles. The van der Waals surface area contributed by atoms with Crippen LogP contribution in [-0.4, -0.2) is 46.4 Å². The van der Waals surface area contributed by atoms with Crippen LogP contribution in [0.15, 0.2) is 48.5 Å². The standard InChI is InChI=1S/C21H22FN3O3S/c1-3-24-20(27)18(12-19(26)23-16-8-10-17(28-2)11-9-16)25(21(24)29)13-14-4-6-15(22)7-5-14/h4-11,18H,3,12-13H2,1-2H3,(H,23,26)/t18-/m1/s1. The summed E-state index contributed by atoms with van der Waals surface area (Å²) in [5.74, 6) is -0.148. The number of thiocarbonyl (C=S) groups is 1. The van der Waals surface area contributed by atoms with E-state index < -0.39 is 6.04 Å². The van der Waals surface area contributed by atoms with Crippen LogP contribution in [0.1, 0.15) is 18.9 Å². The lowest BCUT2D eigenvalue weighted by atomic mass is 10.1. The van der Waals surface area contributed by atoms with Crippen LogP contribution in [-0.2, 0) is 16.1 Å². The number of hydrogen-bond acceptors (Lipinski definition) is 4. The maximum atomic E-state index is 13.2. The van der Waals surface area contributed by atoms with E-state index >= 15 is 0 Å². The molecule has 0 aromatic heterocycles. The summed E-state index contributed by atoms with van der Waals surface area (Å²) in [4.78, 5) is 28.6. The predicted molar refractivity (Wildman–Crippen MR) is 112 cm³/mol. The Balaban J connectivity index is 1.73. The lowest BCUT2D eigenvalue weighted by Gasteiger charge is -2.24. The highest BCUT2D eigenvalue weighted by atomic mass is 32.1. The number of carbonyl (C=O) groups is 2. The Morgan fingerprint density at radius 2 is 1.83 bits per heavy atom. The van der Waals surface area contributed by atoms with E-state index in [2.05, 4.69) is 5.32 Å². The van der Waals surface area contributed by atoms with Crippen molar-refractivity contribution in [1.29, 1.82) is 0 Å². The van der Waals surface area contributed by atoms with Crippen molar-refractivity contribution in [2.24, 2.45) is 0 Å². The number of amides is 2. The normalized spacial score (nSPS) is 16.3. The van der Waals surface area contributed by atoms with Gasteiger partial charge in [0.1, 0.15) is 17.6 Å². The summed E-state index contributed by atoms with van der Waals surface area (Å²) in [5.41, 5.74) is 1.42. The van der Waals surface area contributed by atoms with Gasteiger partial charge in [-0.1, -0.05) is 12.1 Å². The van der Waals surface area contributed by atoms with Gasteiger partial charge in [-0.3, -0.25) is 14.5 Å². The first-order chi connectivity index (χ1) is 13.9. The second-order valence-corrected chi connectivity index (χ2v) is 6.98. The van der Waals surface area contributed by atoms with E-state index in [1.54, 1.807) is 48.4 Å². The van der Waals surface area contributed by atoms with Crippen molar-refractivity contribution in [3.8, 4) is 5.75 Å². The van der Waals surface area contributed by atoms with Gasteiger partial charge >= 0.3 is 0 Å². The number of carbonyl (C=O) groups excluding carboxylic acids is 2. The van der Waals surface area contributed by atoms with Crippen LogP contribution in [0.25, 0.3) is 0 Å². The highest BCUT2D eigenvalue weighted by Gasteiger charge is 2.42. The molecule has 0 bridgehead atoms. The van der Waals surface area contributed by atoms with Crippen LogP contribution >= 0.6 is 12.2 Å². The van der Waals surface area contributed by atoms with Crippen LogP contribution in [0.5, 0.6) is 5.75 Å². The second-order valence-electron chi connectivity index (χ2n) is 6.62. The topological polar surface area (TPSA) is 61.9 Å². The quantitative estimate of drug-likeness (QED) is 0.704. The Labute approximate surface area is 174 Å². The third kappa shape index (κ3) is 4.71. The summed E-state index contributed by atoms with van der Waals surface area (Å²) in [5, 5.41) is 3.17. The van der Waals surface area contributed by atoms with Gasteiger partial charge in [0.15, 0.2) is 5.11 Å². The van der Waals surface area contributed by atoms with E-state index in [0.717, 1.165) is 5.56 Å². The lowest BCUT2D eigenvalue weighted by Crippen LogP contribution is -2.37. The first kappa shape index (κ1) is 20.7. The summed E-state index contributed by atoms with van der Waals surface area (Å²) in [6.45, 7) is 2.58. The van der Waals surface area contributed by atoms with Gasteiger partial charge in [-0.25, -0.2) is 4.39 Å². The van der Waals surface area contributed by atoms with Crippen molar-refractivity contribution < 1.29 is 18.7 Å². The molecule has 152 valence electrons. The molecule has 3 rings (SSSR count). The third-order valence-corrected chi connectivity index (χ3v) is 5.19. The average molecular weight is 415 g/mol. The van der Waals surface area contributed by atoms with Crippen LogP contribution in [0.2, 0.25) is 0 Å². The summed E-state index contributed by atoms with van der Waals surface area (Å²) in [6.07, 6.45) is -0.0390. The molecule has 29 heavy (non-hydrogen) atoms. The molecule has 1 N–H and O–H groups in total. The van der Waals surface area contributed by atoms with Crippen molar-refractivity contribution >= 4 is 34.8 Å². The predicted octanol–water partition coefficient (Wildman–Crippen LogP) is 3.18. The van der Waals surface area contributed by atoms with E-state index in [-0.39, 0.29) is 24.1 Å². The molecular formula is C21H22FN3O3S. The number of nitrogens with one attached hydrogen (secondary N) is 1. The number of hydrogen-bond donors (Lipinski definition) is 1. The number of likely N-dealkylation sites (N-methyl/N-ethyl adjacent to an activating group) is 1. The van der Waals surface area contributed by atoms with E-state index in [1.807, 2.05) is 6.92 Å². The van der Waals surface area contributed by atoms with Gasteiger partial charge in [-0.05, 0) is 61.1 Å². The molecule has 0 saturated carbocycles. The van der Waals surface area contributed by atoms with Crippen molar-refractivity contribution in [2.75, 3.05) is 19.0 Å². The molecule has 1 saturated heterocycles. The molecule has 6 nitrogen and oxygen atoms in total. The lowest BCUT2D eigenvalue weighted by molar-refractivity contribution is -0.130. The van der Waals surface area contributed by atoms with Crippen molar-refractivity contribution in [2.45, 2.75) is 25.9 Å². The maximum absolute atomic E-state index is 13.2. The average Bonchev–Trinajstić information content (AvgIpc) is 2.93. The van der Waals surface area contributed by atoms with Crippen LogP contribution < -0.4 is 10.1 Å². The minimum absolute atomic E-state index is 0.0390. The van der Waals surface area contributed by atoms with Gasteiger partial charge in [0, 0.05) is 18.8 Å². The van der Waals surface area contributed by atoms with E-state index in [4.69, 9.17) is 17.0 Å². The number of nitrogens with zero attached hydrogens (tertiary/aromatic N) is 2. The number of ether oxygens (including phenoxy) is 1. The smallest absolute Gasteiger partial charge is 0.252 e. The Bertz CT molecular complexity index is 902. The van der Waals surface area contributed by atoms with Crippen molar-refractivity contribution in [3.05, 3.63) is 59.9 Å². The van der Waals surface area contributed by atoms with E-state index in [1.165, 1.54) is 17.0 Å². The molecule has 1 aliphatic heterocycles. The van der Waals surface area contributed by atoms with Gasteiger partial charge in [0.05, 0.1) is 13.5 Å². The fourth-order valence-corrected chi connectivity index (χ4v) is 3.62. The van der Waals surface area contributed by atoms with Crippen LogP contribution in [0.4, 0.5) is 10.1 Å².